The van der Waals surface area contributed by atoms with Crippen molar-refractivity contribution in [1.29, 1.82) is 0 Å². The van der Waals surface area contributed by atoms with Gasteiger partial charge in [-0.1, -0.05) is 42.5 Å². The van der Waals surface area contributed by atoms with Crippen LogP contribution >= 0.6 is 24.0 Å². The molecule has 3 aromatic rings. The fourth-order valence-corrected chi connectivity index (χ4v) is 2.49. The average Bonchev–Trinajstić information content (AvgIpc) is 3.00. The van der Waals surface area contributed by atoms with Crippen LogP contribution in [0.3, 0.4) is 0 Å². The molecule has 0 radical (unpaired) electrons. The van der Waals surface area contributed by atoms with Crippen LogP contribution in [-0.4, -0.2) is 27.8 Å². The van der Waals surface area contributed by atoms with Gasteiger partial charge in [-0.05, 0) is 16.3 Å². The van der Waals surface area contributed by atoms with Crippen LogP contribution in [-0.2, 0) is 20.1 Å². The van der Waals surface area contributed by atoms with Crippen LogP contribution in [0.15, 0.2) is 53.8 Å². The fraction of sp³-hybridized carbons (Fsp3) is 0.235. The van der Waals surface area contributed by atoms with Gasteiger partial charge in [-0.2, -0.15) is 5.10 Å². The second-order valence-corrected chi connectivity index (χ2v) is 5.22. The Bertz CT molecular complexity index is 821. The van der Waals surface area contributed by atoms with Gasteiger partial charge in [0.05, 0.1) is 6.54 Å². The first-order chi connectivity index (χ1) is 11.3. The number of aromatic nitrogens is 3. The Kier molecular flexibility index (Phi) is 6.53. The highest BCUT2D eigenvalue weighted by Crippen LogP contribution is 2.18. The molecule has 0 aliphatic carbocycles. The number of aliphatic imine (C=N–C) groups is 1. The lowest BCUT2D eigenvalue weighted by Gasteiger charge is -2.13. The number of halogens is 1. The molecule has 24 heavy (non-hydrogen) atoms. The molecule has 2 N–H and O–H groups in total. The summed E-state index contributed by atoms with van der Waals surface area (Å²) in [6, 6.07) is 14.7. The van der Waals surface area contributed by atoms with E-state index in [-0.39, 0.29) is 24.0 Å². The van der Waals surface area contributed by atoms with E-state index in [0.717, 1.165) is 11.8 Å². The number of nitrogens with zero attached hydrogens (tertiary/aromatic N) is 4. The van der Waals surface area contributed by atoms with Gasteiger partial charge in [0.15, 0.2) is 5.96 Å². The first-order valence-electron chi connectivity index (χ1n) is 7.52. The Labute approximate surface area is 158 Å². The molecule has 0 aliphatic heterocycles. The predicted molar refractivity (Wildman–Crippen MR) is 107 cm³/mol. The van der Waals surface area contributed by atoms with Crippen LogP contribution in [0.5, 0.6) is 0 Å². The quantitative estimate of drug-likeness (QED) is 0.375. The summed E-state index contributed by atoms with van der Waals surface area (Å²) in [7, 11) is 3.63. The average molecular weight is 436 g/mol. The number of guanidine groups is 1. The minimum atomic E-state index is 0. The van der Waals surface area contributed by atoms with E-state index in [4.69, 9.17) is 0 Å². The second-order valence-electron chi connectivity index (χ2n) is 5.22. The van der Waals surface area contributed by atoms with Gasteiger partial charge in [0, 0.05) is 20.6 Å². The van der Waals surface area contributed by atoms with Gasteiger partial charge in [0.25, 0.3) is 0 Å². The van der Waals surface area contributed by atoms with Crippen molar-refractivity contribution in [1.82, 2.24) is 25.4 Å². The molecule has 0 atom stereocenters. The zero-order chi connectivity index (χ0) is 16.1. The molecule has 0 spiro atoms. The molecule has 3 rings (SSSR count). The molecule has 0 amide bonds. The molecular weight excluding hydrogens is 415 g/mol. The van der Waals surface area contributed by atoms with Gasteiger partial charge in [-0.3, -0.25) is 9.67 Å². The van der Waals surface area contributed by atoms with Gasteiger partial charge in [0.2, 0.25) is 0 Å². The van der Waals surface area contributed by atoms with Gasteiger partial charge in [0.1, 0.15) is 12.2 Å². The molecule has 1 aromatic heterocycles. The topological polar surface area (TPSA) is 67.1 Å². The molecule has 126 valence electrons. The monoisotopic (exact) mass is 436 g/mol. The van der Waals surface area contributed by atoms with Gasteiger partial charge in [-0.15, -0.1) is 24.0 Å². The van der Waals surface area contributed by atoms with Gasteiger partial charge in [-0.25, -0.2) is 4.98 Å². The summed E-state index contributed by atoms with van der Waals surface area (Å²) in [5.74, 6) is 1.60. The molecule has 0 aliphatic rings. The number of hydrogen-bond donors (Lipinski definition) is 2. The van der Waals surface area contributed by atoms with Crippen molar-refractivity contribution in [3.8, 4) is 0 Å². The SMILES string of the molecule is CN=C(NCc1cccc2ccccc12)NCc1ncnn1C.I. The number of rotatable bonds is 4. The molecule has 0 bridgehead atoms. The van der Waals surface area contributed by atoms with Crippen LogP contribution < -0.4 is 10.6 Å². The van der Waals surface area contributed by atoms with Crippen LogP contribution in [0.2, 0.25) is 0 Å². The van der Waals surface area contributed by atoms with Crippen molar-refractivity contribution in [3.63, 3.8) is 0 Å². The summed E-state index contributed by atoms with van der Waals surface area (Å²) in [5, 5.41) is 13.1. The number of hydrogen-bond acceptors (Lipinski definition) is 3. The van der Waals surface area contributed by atoms with Gasteiger partial charge >= 0.3 is 0 Å². The molecule has 1 heterocycles. The molecule has 0 unspecified atom stereocenters. The summed E-state index contributed by atoms with van der Waals surface area (Å²) in [6.45, 7) is 1.28. The molecule has 0 saturated heterocycles. The Morgan fingerprint density at radius 1 is 1.08 bits per heavy atom. The molecule has 0 fully saturated rings. The summed E-state index contributed by atoms with van der Waals surface area (Å²) in [4.78, 5) is 8.44. The maximum atomic E-state index is 4.25. The third-order valence-electron chi connectivity index (χ3n) is 3.77. The minimum Gasteiger partial charge on any atom is -0.352 e. The van der Waals surface area contributed by atoms with Crippen molar-refractivity contribution in [2.45, 2.75) is 13.1 Å². The first-order valence-corrected chi connectivity index (χ1v) is 7.52. The minimum absolute atomic E-state index is 0. The maximum absolute atomic E-state index is 4.25. The highest BCUT2D eigenvalue weighted by atomic mass is 127. The summed E-state index contributed by atoms with van der Waals surface area (Å²) in [5.41, 5.74) is 1.24. The van der Waals surface area contributed by atoms with E-state index in [2.05, 4.69) is 68.2 Å². The van der Waals surface area contributed by atoms with Crippen LogP contribution in [0.4, 0.5) is 0 Å². The summed E-state index contributed by atoms with van der Waals surface area (Å²) < 4.78 is 1.74. The van der Waals surface area contributed by atoms with E-state index in [0.29, 0.717) is 13.1 Å². The standard InChI is InChI=1S/C17H20N6.HI/c1-18-17(20-11-16-21-12-22-23(16)2)19-10-14-8-5-7-13-6-3-4-9-15(13)14;/h3-9,12H,10-11H2,1-2H3,(H2,18,19,20);1H. The third-order valence-corrected chi connectivity index (χ3v) is 3.77. The normalized spacial score (nSPS) is 11.2. The lowest BCUT2D eigenvalue weighted by atomic mass is 10.0. The summed E-state index contributed by atoms with van der Waals surface area (Å²) in [6.07, 6.45) is 1.54. The van der Waals surface area contributed by atoms with Crippen molar-refractivity contribution in [2.75, 3.05) is 7.05 Å². The first kappa shape index (κ1) is 18.2. The van der Waals surface area contributed by atoms with Crippen LogP contribution in [0.1, 0.15) is 11.4 Å². The molecule has 6 nitrogen and oxygen atoms in total. The maximum Gasteiger partial charge on any atom is 0.191 e. The smallest absolute Gasteiger partial charge is 0.191 e. The van der Waals surface area contributed by atoms with E-state index >= 15 is 0 Å². The highest BCUT2D eigenvalue weighted by Gasteiger charge is 2.04. The van der Waals surface area contributed by atoms with Crippen LogP contribution in [0.25, 0.3) is 10.8 Å². The number of benzene rings is 2. The van der Waals surface area contributed by atoms with E-state index in [1.54, 1.807) is 18.1 Å². The Hall–Kier alpha value is -2.16. The molecule has 0 saturated carbocycles. The Balaban J connectivity index is 0.00000208. The molecule has 2 aromatic carbocycles. The third kappa shape index (κ3) is 4.22. The van der Waals surface area contributed by atoms with Gasteiger partial charge < -0.3 is 10.6 Å². The van der Waals surface area contributed by atoms with E-state index < -0.39 is 0 Å². The predicted octanol–water partition coefficient (Wildman–Crippen LogP) is 2.45. The molecular formula is C17H21IN6. The fourth-order valence-electron chi connectivity index (χ4n) is 2.49. The van der Waals surface area contributed by atoms with Crippen molar-refractivity contribution in [2.24, 2.45) is 12.0 Å². The largest absolute Gasteiger partial charge is 0.352 e. The molecule has 7 heteroatoms. The zero-order valence-corrected chi connectivity index (χ0v) is 16.1. The zero-order valence-electron chi connectivity index (χ0n) is 13.7. The number of aryl methyl sites for hydroxylation is 1. The van der Waals surface area contributed by atoms with Crippen molar-refractivity contribution >= 4 is 40.7 Å². The Morgan fingerprint density at radius 3 is 2.58 bits per heavy atom. The Morgan fingerprint density at radius 2 is 1.83 bits per heavy atom. The lowest BCUT2D eigenvalue weighted by molar-refractivity contribution is 0.673. The number of nitrogens with one attached hydrogen (secondary N) is 2. The van der Waals surface area contributed by atoms with Crippen molar-refractivity contribution < 1.29 is 0 Å². The van der Waals surface area contributed by atoms with Crippen molar-refractivity contribution in [3.05, 3.63) is 60.2 Å². The van der Waals surface area contributed by atoms with Crippen LogP contribution in [0, 0.1) is 0 Å². The summed E-state index contributed by atoms with van der Waals surface area (Å²) >= 11 is 0. The van der Waals surface area contributed by atoms with E-state index in [1.165, 1.54) is 16.3 Å². The van der Waals surface area contributed by atoms with E-state index in [9.17, 15) is 0 Å². The lowest BCUT2D eigenvalue weighted by Crippen LogP contribution is -2.37. The highest BCUT2D eigenvalue weighted by molar-refractivity contribution is 14.0. The number of fused-ring (bicyclic) bond motifs is 1. The van der Waals surface area contributed by atoms with E-state index in [1.807, 2.05) is 7.05 Å². The second kappa shape index (κ2) is 8.62.